The van der Waals surface area contributed by atoms with Gasteiger partial charge in [-0.1, -0.05) is 12.1 Å². The van der Waals surface area contributed by atoms with E-state index in [0.29, 0.717) is 41.9 Å². The molecule has 2 N–H and O–H groups in total. The van der Waals surface area contributed by atoms with Gasteiger partial charge in [-0.2, -0.15) is 5.10 Å². The van der Waals surface area contributed by atoms with Crippen molar-refractivity contribution >= 4 is 56.8 Å². The molecule has 3 aromatic rings. The lowest BCUT2D eigenvalue weighted by atomic mass is 9.87. The molecule has 0 saturated carbocycles. The summed E-state index contributed by atoms with van der Waals surface area (Å²) in [5.74, 6) is -3.30. The van der Waals surface area contributed by atoms with Crippen molar-refractivity contribution in [1.82, 2.24) is 29.8 Å². The minimum absolute atomic E-state index is 0.00156. The number of piperidine rings is 2. The number of halogens is 2. The van der Waals surface area contributed by atoms with E-state index < -0.39 is 35.5 Å². The van der Waals surface area contributed by atoms with E-state index in [4.69, 9.17) is 0 Å². The fourth-order valence-corrected chi connectivity index (χ4v) is 7.92. The lowest BCUT2D eigenvalue weighted by Crippen LogP contribution is -2.54. The number of likely N-dealkylation sites (tertiary alicyclic amines) is 1. The average molecular weight is 764 g/mol. The molecule has 7 rings (SSSR count). The van der Waals surface area contributed by atoms with Gasteiger partial charge in [0.2, 0.25) is 11.8 Å². The second-order valence-corrected chi connectivity index (χ2v) is 14.3. The highest BCUT2D eigenvalue weighted by Gasteiger charge is 2.45. The molecule has 5 amide bonds. The maximum Gasteiger partial charge on any atom is 0.282 e. The summed E-state index contributed by atoms with van der Waals surface area (Å²) in [6.07, 6.45) is 2.47. The summed E-state index contributed by atoms with van der Waals surface area (Å²) in [5.41, 5.74) is 2.10. The highest BCUT2D eigenvalue weighted by molar-refractivity contribution is 9.10. The largest absolute Gasteiger partial charge is 0.379 e. The molecule has 0 spiro atoms. The van der Waals surface area contributed by atoms with Crippen LogP contribution in [0.1, 0.15) is 61.8 Å². The van der Waals surface area contributed by atoms with E-state index in [1.807, 2.05) is 24.3 Å². The van der Waals surface area contributed by atoms with Crippen LogP contribution in [0, 0.1) is 5.82 Å². The lowest BCUT2D eigenvalue weighted by Gasteiger charge is -2.37. The summed E-state index contributed by atoms with van der Waals surface area (Å²) in [6.45, 7) is 2.89. The van der Waals surface area contributed by atoms with Crippen molar-refractivity contribution in [2.75, 3.05) is 56.5 Å². The Balaban J connectivity index is 0.977. The average Bonchev–Trinajstić information content (AvgIpc) is 3.35. The van der Waals surface area contributed by atoms with Gasteiger partial charge < -0.3 is 20.0 Å². The number of fused-ring (bicyclic) bond motifs is 1. The number of amides is 5. The van der Waals surface area contributed by atoms with Crippen LogP contribution < -0.4 is 21.1 Å². The van der Waals surface area contributed by atoms with Crippen LogP contribution in [-0.2, 0) is 16.6 Å². The first-order valence-electron chi connectivity index (χ1n) is 16.8. The number of carbonyl (C=O) groups is 5. The molecular weight excluding hydrogens is 727 g/mol. The molecule has 2 aromatic carbocycles. The van der Waals surface area contributed by atoms with Crippen LogP contribution in [0.2, 0.25) is 0 Å². The first kappa shape index (κ1) is 34.5. The van der Waals surface area contributed by atoms with Gasteiger partial charge in [0, 0.05) is 64.3 Å². The van der Waals surface area contributed by atoms with Gasteiger partial charge in [0.1, 0.15) is 16.3 Å². The molecule has 0 aliphatic carbocycles. The molecule has 0 bridgehead atoms. The molecule has 0 radical (unpaired) electrons. The fraction of sp³-hybridized carbons (Fsp3) is 0.400. The molecule has 3 fully saturated rings. The Hall–Kier alpha value is -4.96. The molecule has 51 heavy (non-hydrogen) atoms. The van der Waals surface area contributed by atoms with Gasteiger partial charge in [-0.25, -0.2) is 9.07 Å². The SMILES string of the molecule is CN1C[C@H](Nc2cnn(C)c(=O)c2Br)C[C@H](c2ccc(C(=O)N3CCN(c4cc5c(cc4F)C(=O)N(C4CCC(=O)NC4=O)C5=O)CC3)cc2)C1. The first-order chi connectivity index (χ1) is 24.4. The Morgan fingerprint density at radius 3 is 2.33 bits per heavy atom. The van der Waals surface area contributed by atoms with Crippen molar-refractivity contribution in [2.24, 2.45) is 7.05 Å². The maximum absolute atomic E-state index is 15.4. The van der Waals surface area contributed by atoms with E-state index in [9.17, 15) is 28.8 Å². The number of imide groups is 2. The number of anilines is 2. The molecule has 4 aliphatic rings. The van der Waals surface area contributed by atoms with E-state index in [0.717, 1.165) is 36.0 Å². The number of likely N-dealkylation sites (N-methyl/N-ethyl adjacent to an activating group) is 1. The van der Waals surface area contributed by atoms with Gasteiger partial charge in [-0.15, -0.1) is 0 Å². The van der Waals surface area contributed by atoms with Crippen molar-refractivity contribution in [3.8, 4) is 0 Å². The zero-order valence-electron chi connectivity index (χ0n) is 28.0. The maximum atomic E-state index is 15.4. The van der Waals surface area contributed by atoms with Crippen LogP contribution in [-0.4, -0.2) is 112 Å². The lowest BCUT2D eigenvalue weighted by molar-refractivity contribution is -0.136. The standard InChI is InChI=1S/C35H36BrFN8O6/c1-41-17-21(13-22(18-41)39-26-16-38-42(2)35(51)30(26)36)19-3-5-20(6-4-19)32(48)44-11-9-43(10-12-44)28-15-24-23(14-25(28)37)33(49)45(34(24)50)27-7-8-29(46)40-31(27)47/h3-6,14-16,21-22,27,39H,7-13,17-18H2,1-2H3,(H,40,46,47)/t21-,22+,27?/m0/s1. The predicted molar refractivity (Wildman–Crippen MR) is 187 cm³/mol. The highest BCUT2D eigenvalue weighted by atomic mass is 79.9. The number of hydrogen-bond donors (Lipinski definition) is 2. The zero-order valence-corrected chi connectivity index (χ0v) is 29.6. The minimum Gasteiger partial charge on any atom is -0.379 e. The van der Waals surface area contributed by atoms with Crippen LogP contribution >= 0.6 is 15.9 Å². The number of nitrogens with one attached hydrogen (secondary N) is 2. The Kier molecular flexibility index (Phi) is 9.22. The van der Waals surface area contributed by atoms with Gasteiger partial charge in [0.25, 0.3) is 23.3 Å². The van der Waals surface area contributed by atoms with Crippen molar-refractivity contribution in [1.29, 1.82) is 0 Å². The van der Waals surface area contributed by atoms with E-state index in [-0.39, 0.29) is 53.1 Å². The fourth-order valence-electron chi connectivity index (χ4n) is 7.45. The minimum atomic E-state index is -1.14. The number of nitrogens with zero attached hydrogens (tertiary/aromatic N) is 6. The number of aromatic nitrogens is 2. The number of piperazine rings is 1. The van der Waals surface area contributed by atoms with Crippen molar-refractivity contribution in [3.05, 3.63) is 85.5 Å². The van der Waals surface area contributed by atoms with Crippen LogP contribution in [0.25, 0.3) is 0 Å². The second kappa shape index (κ2) is 13.6. The Morgan fingerprint density at radius 1 is 0.961 bits per heavy atom. The summed E-state index contributed by atoms with van der Waals surface area (Å²) < 4.78 is 17.1. The van der Waals surface area contributed by atoms with Gasteiger partial charge in [-0.3, -0.25) is 39.0 Å². The highest BCUT2D eigenvalue weighted by Crippen LogP contribution is 2.34. The van der Waals surface area contributed by atoms with Gasteiger partial charge >= 0.3 is 0 Å². The number of aryl methyl sites for hydroxylation is 1. The van der Waals surface area contributed by atoms with Crippen LogP contribution in [0.15, 0.2) is 51.9 Å². The normalized spacial score (nSPS) is 22.7. The Labute approximate surface area is 300 Å². The molecule has 266 valence electrons. The summed E-state index contributed by atoms with van der Waals surface area (Å²) in [7, 11) is 3.65. The molecule has 3 atom stereocenters. The van der Waals surface area contributed by atoms with Gasteiger partial charge in [0.15, 0.2) is 0 Å². The second-order valence-electron chi connectivity index (χ2n) is 13.5. The third-order valence-electron chi connectivity index (χ3n) is 10.1. The molecule has 1 aromatic heterocycles. The number of benzene rings is 2. The molecule has 16 heteroatoms. The quantitative estimate of drug-likeness (QED) is 0.356. The molecule has 14 nitrogen and oxygen atoms in total. The van der Waals surface area contributed by atoms with Gasteiger partial charge in [0.05, 0.1) is 28.7 Å². The summed E-state index contributed by atoms with van der Waals surface area (Å²) in [4.78, 5) is 82.6. The topological polar surface area (TPSA) is 157 Å². The van der Waals surface area contributed by atoms with E-state index >= 15 is 4.39 Å². The summed E-state index contributed by atoms with van der Waals surface area (Å²) in [6, 6.07) is 8.94. The third kappa shape index (κ3) is 6.53. The Morgan fingerprint density at radius 2 is 1.65 bits per heavy atom. The first-order valence-corrected chi connectivity index (χ1v) is 17.5. The number of rotatable bonds is 6. The molecule has 5 heterocycles. The van der Waals surface area contributed by atoms with Crippen molar-refractivity contribution < 1.29 is 28.4 Å². The zero-order chi connectivity index (χ0) is 36.1. The van der Waals surface area contributed by atoms with E-state index in [1.165, 1.54) is 10.7 Å². The molecule has 1 unspecified atom stereocenters. The van der Waals surface area contributed by atoms with Crippen molar-refractivity contribution in [2.45, 2.75) is 37.3 Å². The van der Waals surface area contributed by atoms with Crippen LogP contribution in [0.5, 0.6) is 0 Å². The smallest absolute Gasteiger partial charge is 0.282 e. The van der Waals surface area contributed by atoms with Crippen molar-refractivity contribution in [3.63, 3.8) is 0 Å². The third-order valence-corrected chi connectivity index (χ3v) is 10.9. The summed E-state index contributed by atoms with van der Waals surface area (Å²) in [5, 5.41) is 9.74. The number of carbonyl (C=O) groups excluding carboxylic acids is 5. The van der Waals surface area contributed by atoms with E-state index in [1.54, 1.807) is 23.0 Å². The molecule has 4 aliphatic heterocycles. The predicted octanol–water partition coefficient (Wildman–Crippen LogP) is 1.95. The Bertz CT molecular complexity index is 2010. The van der Waals surface area contributed by atoms with Crippen LogP contribution in [0.3, 0.4) is 0 Å². The van der Waals surface area contributed by atoms with Crippen LogP contribution in [0.4, 0.5) is 15.8 Å². The monoisotopic (exact) mass is 762 g/mol. The van der Waals surface area contributed by atoms with E-state index in [2.05, 4.69) is 43.6 Å². The number of hydrogen-bond acceptors (Lipinski definition) is 10. The molecule has 3 saturated heterocycles. The van der Waals surface area contributed by atoms with Gasteiger partial charge in [-0.05, 0) is 71.6 Å². The molecular formula is C35H36BrFN8O6. The summed E-state index contributed by atoms with van der Waals surface area (Å²) >= 11 is 3.39.